The van der Waals surface area contributed by atoms with Crippen molar-refractivity contribution in [3.05, 3.63) is 71.2 Å². The molecule has 0 bridgehead atoms. The summed E-state index contributed by atoms with van der Waals surface area (Å²) in [4.78, 5) is 12.2. The molecule has 0 aliphatic rings. The van der Waals surface area contributed by atoms with Gasteiger partial charge in [0.05, 0.1) is 17.9 Å². The minimum atomic E-state index is -0.377. The Morgan fingerprint density at radius 3 is 2.62 bits per heavy atom. The van der Waals surface area contributed by atoms with Crippen LogP contribution in [0.3, 0.4) is 0 Å². The van der Waals surface area contributed by atoms with E-state index in [0.717, 1.165) is 28.9 Å². The molecule has 3 rings (SSSR count). The molecular formula is C21H24N3O2+. The van der Waals surface area contributed by atoms with Crippen LogP contribution in [0.1, 0.15) is 34.1 Å². The van der Waals surface area contributed by atoms with Crippen molar-refractivity contribution in [2.45, 2.75) is 27.3 Å². The lowest BCUT2D eigenvalue weighted by Gasteiger charge is -2.07. The van der Waals surface area contributed by atoms with E-state index in [9.17, 15) is 4.79 Å². The number of ether oxygens (including phenoxy) is 1. The number of aromatic nitrogens is 3. The molecule has 0 saturated carbocycles. The van der Waals surface area contributed by atoms with Crippen molar-refractivity contribution in [1.29, 1.82) is 0 Å². The Morgan fingerprint density at radius 1 is 1.19 bits per heavy atom. The molecule has 3 aromatic rings. The Labute approximate surface area is 153 Å². The highest BCUT2D eigenvalue weighted by Gasteiger charge is 2.23. The van der Waals surface area contributed by atoms with Crippen molar-refractivity contribution < 1.29 is 14.1 Å². The second-order valence-electron chi connectivity index (χ2n) is 6.37. The Hall–Kier alpha value is -2.95. The largest absolute Gasteiger partial charge is 0.461 e. The van der Waals surface area contributed by atoms with E-state index in [4.69, 9.17) is 4.74 Å². The molecular weight excluding hydrogens is 326 g/mol. The summed E-state index contributed by atoms with van der Waals surface area (Å²) in [7, 11) is 1.86. The smallest absolute Gasteiger partial charge is 0.359 e. The van der Waals surface area contributed by atoms with Crippen LogP contribution in [0, 0.1) is 13.8 Å². The number of rotatable bonds is 5. The predicted octanol–water partition coefficient (Wildman–Crippen LogP) is 3.22. The fourth-order valence-corrected chi connectivity index (χ4v) is 3.15. The SMILES string of the molecule is CCOC(=O)c1nn(C)c(-c2c[n+](Cc3ccccc3)ccc2C)c1C. The van der Waals surface area contributed by atoms with Gasteiger partial charge in [-0.25, -0.2) is 9.36 Å². The molecule has 0 N–H and O–H groups in total. The highest BCUT2D eigenvalue weighted by molar-refractivity contribution is 5.91. The van der Waals surface area contributed by atoms with E-state index in [1.807, 2.05) is 32.2 Å². The standard InChI is InChI=1S/C21H24N3O2/c1-5-26-21(25)19-16(3)20(23(4)22-19)18-14-24(12-11-15(18)2)13-17-9-7-6-8-10-17/h6-12,14H,5,13H2,1-4H3/q+1. The topological polar surface area (TPSA) is 48.0 Å². The van der Waals surface area contributed by atoms with E-state index >= 15 is 0 Å². The molecule has 0 unspecified atom stereocenters. The summed E-state index contributed by atoms with van der Waals surface area (Å²) >= 11 is 0. The number of nitrogens with zero attached hydrogens (tertiary/aromatic N) is 3. The van der Waals surface area contributed by atoms with Gasteiger partial charge in [0.1, 0.15) is 0 Å². The Kier molecular flexibility index (Phi) is 5.16. The third-order valence-corrected chi connectivity index (χ3v) is 4.45. The molecule has 0 amide bonds. The van der Waals surface area contributed by atoms with Crippen molar-refractivity contribution in [2.24, 2.45) is 7.05 Å². The van der Waals surface area contributed by atoms with Gasteiger partial charge in [0.15, 0.2) is 24.6 Å². The van der Waals surface area contributed by atoms with Crippen molar-refractivity contribution >= 4 is 5.97 Å². The summed E-state index contributed by atoms with van der Waals surface area (Å²) in [6.07, 6.45) is 4.19. The number of esters is 1. The molecule has 26 heavy (non-hydrogen) atoms. The molecule has 0 aliphatic carbocycles. The maximum atomic E-state index is 12.2. The van der Waals surface area contributed by atoms with Gasteiger partial charge < -0.3 is 4.74 Å². The molecule has 0 atom stereocenters. The fraction of sp³-hybridized carbons (Fsp3) is 0.286. The Bertz CT molecular complexity index is 930. The van der Waals surface area contributed by atoms with E-state index in [2.05, 4.69) is 47.2 Å². The number of hydrogen-bond acceptors (Lipinski definition) is 3. The number of carbonyl (C=O) groups excluding carboxylic acids is 1. The molecule has 0 fully saturated rings. The van der Waals surface area contributed by atoms with Crippen LogP contribution < -0.4 is 4.57 Å². The molecule has 0 radical (unpaired) electrons. The highest BCUT2D eigenvalue weighted by Crippen LogP contribution is 2.27. The van der Waals surface area contributed by atoms with E-state index in [-0.39, 0.29) is 5.97 Å². The predicted molar refractivity (Wildman–Crippen MR) is 99.8 cm³/mol. The van der Waals surface area contributed by atoms with Crippen LogP contribution in [0.4, 0.5) is 0 Å². The van der Waals surface area contributed by atoms with E-state index in [1.54, 1.807) is 11.6 Å². The molecule has 2 aromatic heterocycles. The van der Waals surface area contributed by atoms with Crippen LogP contribution in [-0.4, -0.2) is 22.4 Å². The molecule has 0 saturated heterocycles. The van der Waals surface area contributed by atoms with Crippen LogP contribution >= 0.6 is 0 Å². The first-order valence-electron chi connectivity index (χ1n) is 8.76. The Balaban J connectivity index is 2.01. The van der Waals surface area contributed by atoms with E-state index in [1.165, 1.54) is 5.56 Å². The maximum Gasteiger partial charge on any atom is 0.359 e. The average Bonchev–Trinajstić information content (AvgIpc) is 2.92. The second kappa shape index (κ2) is 7.52. The van der Waals surface area contributed by atoms with Gasteiger partial charge >= 0.3 is 5.97 Å². The van der Waals surface area contributed by atoms with Crippen LogP contribution in [0.25, 0.3) is 11.3 Å². The monoisotopic (exact) mass is 350 g/mol. The highest BCUT2D eigenvalue weighted by atomic mass is 16.5. The zero-order valence-electron chi connectivity index (χ0n) is 15.7. The number of aryl methyl sites for hydroxylation is 2. The zero-order valence-corrected chi connectivity index (χ0v) is 15.7. The normalized spacial score (nSPS) is 10.8. The number of pyridine rings is 1. The van der Waals surface area contributed by atoms with Gasteiger partial charge in [-0.05, 0) is 26.3 Å². The molecule has 5 heteroatoms. The summed E-state index contributed by atoms with van der Waals surface area (Å²) < 4.78 is 9.03. The third-order valence-electron chi connectivity index (χ3n) is 4.45. The summed E-state index contributed by atoms with van der Waals surface area (Å²) in [6.45, 7) is 6.91. The summed E-state index contributed by atoms with van der Waals surface area (Å²) in [5, 5.41) is 4.39. The minimum Gasteiger partial charge on any atom is -0.461 e. The molecule has 1 aromatic carbocycles. The molecule has 0 spiro atoms. The van der Waals surface area contributed by atoms with Gasteiger partial charge in [0, 0.05) is 24.2 Å². The van der Waals surface area contributed by atoms with Crippen molar-refractivity contribution in [2.75, 3.05) is 6.61 Å². The third kappa shape index (κ3) is 3.52. The van der Waals surface area contributed by atoms with Crippen LogP contribution in [0.15, 0.2) is 48.8 Å². The van der Waals surface area contributed by atoms with Crippen LogP contribution in [-0.2, 0) is 18.3 Å². The lowest BCUT2D eigenvalue weighted by Crippen LogP contribution is -2.33. The molecule has 2 heterocycles. The molecule has 0 aliphatic heterocycles. The van der Waals surface area contributed by atoms with Crippen molar-refractivity contribution in [3.63, 3.8) is 0 Å². The lowest BCUT2D eigenvalue weighted by atomic mass is 10.0. The van der Waals surface area contributed by atoms with Crippen LogP contribution in [0.5, 0.6) is 0 Å². The van der Waals surface area contributed by atoms with Crippen LogP contribution in [0.2, 0.25) is 0 Å². The quantitative estimate of drug-likeness (QED) is 0.524. The second-order valence-corrected chi connectivity index (χ2v) is 6.37. The minimum absolute atomic E-state index is 0.339. The summed E-state index contributed by atoms with van der Waals surface area (Å²) in [5.41, 5.74) is 5.59. The van der Waals surface area contributed by atoms with E-state index in [0.29, 0.717) is 12.3 Å². The fourth-order valence-electron chi connectivity index (χ4n) is 3.15. The van der Waals surface area contributed by atoms with Gasteiger partial charge in [-0.1, -0.05) is 30.3 Å². The first-order chi connectivity index (χ1) is 12.5. The van der Waals surface area contributed by atoms with Gasteiger partial charge in [-0.15, -0.1) is 0 Å². The number of carbonyl (C=O) groups is 1. The van der Waals surface area contributed by atoms with Gasteiger partial charge in [-0.3, -0.25) is 4.68 Å². The zero-order chi connectivity index (χ0) is 18.7. The summed E-state index contributed by atoms with van der Waals surface area (Å²) in [5.74, 6) is -0.377. The van der Waals surface area contributed by atoms with Gasteiger partial charge in [0.2, 0.25) is 0 Å². The van der Waals surface area contributed by atoms with E-state index < -0.39 is 0 Å². The maximum absolute atomic E-state index is 12.2. The molecule has 5 nitrogen and oxygen atoms in total. The number of benzene rings is 1. The van der Waals surface area contributed by atoms with Crippen molar-refractivity contribution in [1.82, 2.24) is 9.78 Å². The van der Waals surface area contributed by atoms with Crippen molar-refractivity contribution in [3.8, 4) is 11.3 Å². The first kappa shape index (κ1) is 17.9. The lowest BCUT2D eigenvalue weighted by molar-refractivity contribution is -0.687. The first-order valence-corrected chi connectivity index (χ1v) is 8.76. The Morgan fingerprint density at radius 2 is 1.92 bits per heavy atom. The molecule has 134 valence electrons. The number of hydrogen-bond donors (Lipinski definition) is 0. The average molecular weight is 350 g/mol. The van der Waals surface area contributed by atoms with Gasteiger partial charge in [0.25, 0.3) is 0 Å². The summed E-state index contributed by atoms with van der Waals surface area (Å²) in [6, 6.07) is 12.4. The van der Waals surface area contributed by atoms with Gasteiger partial charge in [-0.2, -0.15) is 5.10 Å².